The first kappa shape index (κ1) is 14.9. The molecule has 1 aromatic carbocycles. The van der Waals surface area contributed by atoms with Crippen LogP contribution in [0.15, 0.2) is 28.7 Å². The molecule has 0 bridgehead atoms. The van der Waals surface area contributed by atoms with E-state index in [-0.39, 0.29) is 5.76 Å². The van der Waals surface area contributed by atoms with Crippen LogP contribution in [-0.4, -0.2) is 29.1 Å². The molecular formula is C15H19NO3S. The molecule has 0 spiro atoms. The summed E-state index contributed by atoms with van der Waals surface area (Å²) in [4.78, 5) is 10.9. The van der Waals surface area contributed by atoms with Gasteiger partial charge in [-0.1, -0.05) is 13.0 Å². The predicted octanol–water partition coefficient (Wildman–Crippen LogP) is 3.36. The van der Waals surface area contributed by atoms with Gasteiger partial charge in [-0.25, -0.2) is 4.79 Å². The van der Waals surface area contributed by atoms with Gasteiger partial charge in [0.1, 0.15) is 5.58 Å². The fraction of sp³-hybridized carbons (Fsp3) is 0.400. The number of hydrogen-bond donors (Lipinski definition) is 2. The molecule has 20 heavy (non-hydrogen) atoms. The fourth-order valence-corrected chi connectivity index (χ4v) is 2.32. The summed E-state index contributed by atoms with van der Waals surface area (Å²) in [5, 5.41) is 13.8. The monoisotopic (exact) mass is 293 g/mol. The third kappa shape index (κ3) is 3.77. The summed E-state index contributed by atoms with van der Waals surface area (Å²) in [5.41, 5.74) is 1.74. The van der Waals surface area contributed by atoms with Crippen LogP contribution >= 0.6 is 11.8 Å². The largest absolute Gasteiger partial charge is 0.475 e. The summed E-state index contributed by atoms with van der Waals surface area (Å²) in [5.74, 6) is -1.05. The molecule has 1 aromatic heterocycles. The zero-order chi connectivity index (χ0) is 14.5. The van der Waals surface area contributed by atoms with Crippen molar-refractivity contribution < 1.29 is 14.3 Å². The molecule has 2 aromatic rings. The third-order valence-electron chi connectivity index (χ3n) is 3.25. The summed E-state index contributed by atoms with van der Waals surface area (Å²) in [6.07, 6.45) is 3.26. The van der Waals surface area contributed by atoms with E-state index in [0.717, 1.165) is 30.5 Å². The Morgan fingerprint density at radius 1 is 1.45 bits per heavy atom. The number of nitrogens with one attached hydrogen (secondary N) is 1. The first-order valence-electron chi connectivity index (χ1n) is 6.59. The molecule has 108 valence electrons. The van der Waals surface area contributed by atoms with Crippen molar-refractivity contribution in [3.05, 3.63) is 35.6 Å². The average Bonchev–Trinajstić information content (AvgIpc) is 2.86. The smallest absolute Gasteiger partial charge is 0.371 e. The van der Waals surface area contributed by atoms with Crippen LogP contribution in [0.25, 0.3) is 11.0 Å². The van der Waals surface area contributed by atoms with E-state index in [4.69, 9.17) is 9.52 Å². The third-order valence-corrected chi connectivity index (χ3v) is 4.29. The second-order valence-corrected chi connectivity index (χ2v) is 6.08. The van der Waals surface area contributed by atoms with Gasteiger partial charge in [0, 0.05) is 17.2 Å². The SMILES string of the molecule is CSC(C)CCNCc1ccc2oc(C(=O)O)cc2c1. The minimum absolute atomic E-state index is 0.0149. The molecule has 1 atom stereocenters. The van der Waals surface area contributed by atoms with Gasteiger partial charge in [0.15, 0.2) is 0 Å². The van der Waals surface area contributed by atoms with Crippen LogP contribution < -0.4 is 5.32 Å². The number of carboxylic acid groups (broad SMARTS) is 1. The molecule has 0 aliphatic rings. The normalized spacial score (nSPS) is 12.7. The number of thioether (sulfide) groups is 1. The quantitative estimate of drug-likeness (QED) is 0.766. The van der Waals surface area contributed by atoms with E-state index in [1.807, 2.05) is 30.0 Å². The topological polar surface area (TPSA) is 62.5 Å². The highest BCUT2D eigenvalue weighted by atomic mass is 32.2. The first-order chi connectivity index (χ1) is 9.60. The maximum Gasteiger partial charge on any atom is 0.371 e. The molecular weight excluding hydrogens is 274 g/mol. The van der Waals surface area contributed by atoms with E-state index in [1.165, 1.54) is 0 Å². The number of benzene rings is 1. The van der Waals surface area contributed by atoms with E-state index >= 15 is 0 Å². The average molecular weight is 293 g/mol. The molecule has 1 heterocycles. The lowest BCUT2D eigenvalue weighted by Crippen LogP contribution is -2.17. The highest BCUT2D eigenvalue weighted by molar-refractivity contribution is 7.99. The van der Waals surface area contributed by atoms with E-state index in [2.05, 4.69) is 18.5 Å². The van der Waals surface area contributed by atoms with Gasteiger partial charge in [-0.15, -0.1) is 0 Å². The number of carbonyl (C=O) groups is 1. The lowest BCUT2D eigenvalue weighted by atomic mass is 10.1. The molecule has 0 aliphatic carbocycles. The molecule has 4 nitrogen and oxygen atoms in total. The van der Waals surface area contributed by atoms with Gasteiger partial charge in [0.2, 0.25) is 5.76 Å². The van der Waals surface area contributed by atoms with Gasteiger partial charge in [-0.05, 0) is 43.0 Å². The lowest BCUT2D eigenvalue weighted by Gasteiger charge is -2.09. The lowest BCUT2D eigenvalue weighted by molar-refractivity contribution is 0.0665. The predicted molar refractivity (Wildman–Crippen MR) is 82.5 cm³/mol. The highest BCUT2D eigenvalue weighted by Crippen LogP contribution is 2.20. The van der Waals surface area contributed by atoms with Crippen LogP contribution in [0, 0.1) is 0 Å². The molecule has 2 rings (SSSR count). The highest BCUT2D eigenvalue weighted by Gasteiger charge is 2.10. The number of carboxylic acids is 1. The first-order valence-corrected chi connectivity index (χ1v) is 7.88. The molecule has 0 fully saturated rings. The van der Waals surface area contributed by atoms with Gasteiger partial charge in [-0.3, -0.25) is 0 Å². The summed E-state index contributed by atoms with van der Waals surface area (Å²) < 4.78 is 5.23. The Kier molecular flexibility index (Phi) is 5.09. The molecule has 0 saturated heterocycles. The number of fused-ring (bicyclic) bond motifs is 1. The standard InChI is InChI=1S/C15H19NO3S/c1-10(20-2)5-6-16-9-11-3-4-13-12(7-11)8-14(19-13)15(17)18/h3-4,7-8,10,16H,5-6,9H2,1-2H3,(H,17,18). The van der Waals surface area contributed by atoms with Crippen molar-refractivity contribution in [3.63, 3.8) is 0 Å². The number of furan rings is 1. The Balaban J connectivity index is 1.95. The maximum absolute atomic E-state index is 10.9. The molecule has 5 heteroatoms. The molecule has 0 radical (unpaired) electrons. The zero-order valence-corrected chi connectivity index (χ0v) is 12.5. The summed E-state index contributed by atoms with van der Waals surface area (Å²) >= 11 is 1.87. The van der Waals surface area contributed by atoms with Crippen molar-refractivity contribution in [3.8, 4) is 0 Å². The van der Waals surface area contributed by atoms with Crippen molar-refractivity contribution in [2.75, 3.05) is 12.8 Å². The van der Waals surface area contributed by atoms with Gasteiger partial charge < -0.3 is 14.8 Å². The van der Waals surface area contributed by atoms with E-state index in [0.29, 0.717) is 10.8 Å². The fourth-order valence-electron chi connectivity index (χ4n) is 1.96. The van der Waals surface area contributed by atoms with Crippen LogP contribution in [0.4, 0.5) is 0 Å². The second-order valence-electron chi connectivity index (χ2n) is 4.80. The zero-order valence-electron chi connectivity index (χ0n) is 11.7. The summed E-state index contributed by atoms with van der Waals surface area (Å²) in [6.45, 7) is 3.98. The van der Waals surface area contributed by atoms with Crippen molar-refractivity contribution in [2.24, 2.45) is 0 Å². The number of rotatable bonds is 7. The molecule has 0 aliphatic heterocycles. The number of hydrogen-bond acceptors (Lipinski definition) is 4. The molecule has 2 N–H and O–H groups in total. The van der Waals surface area contributed by atoms with E-state index in [1.54, 1.807) is 6.07 Å². The summed E-state index contributed by atoms with van der Waals surface area (Å²) in [7, 11) is 0. The minimum Gasteiger partial charge on any atom is -0.475 e. The number of aromatic carboxylic acids is 1. The van der Waals surface area contributed by atoms with Crippen LogP contribution in [-0.2, 0) is 6.54 Å². The van der Waals surface area contributed by atoms with Crippen molar-refractivity contribution >= 4 is 28.7 Å². The molecule has 0 amide bonds. The second kappa shape index (κ2) is 6.81. The van der Waals surface area contributed by atoms with Crippen molar-refractivity contribution in [2.45, 2.75) is 25.1 Å². The van der Waals surface area contributed by atoms with Crippen LogP contribution in [0.2, 0.25) is 0 Å². The van der Waals surface area contributed by atoms with E-state index in [9.17, 15) is 4.79 Å². The Morgan fingerprint density at radius 2 is 2.25 bits per heavy atom. The van der Waals surface area contributed by atoms with E-state index < -0.39 is 5.97 Å². The van der Waals surface area contributed by atoms with Gasteiger partial charge in [-0.2, -0.15) is 11.8 Å². The Bertz CT molecular complexity index is 594. The van der Waals surface area contributed by atoms with Crippen LogP contribution in [0.5, 0.6) is 0 Å². The Hall–Kier alpha value is -1.46. The van der Waals surface area contributed by atoms with Gasteiger partial charge in [0.05, 0.1) is 0 Å². The Labute approximate surface area is 122 Å². The van der Waals surface area contributed by atoms with Crippen LogP contribution in [0.3, 0.4) is 0 Å². The van der Waals surface area contributed by atoms with Crippen LogP contribution in [0.1, 0.15) is 29.5 Å². The molecule has 1 unspecified atom stereocenters. The maximum atomic E-state index is 10.9. The minimum atomic E-state index is -1.04. The summed E-state index contributed by atoms with van der Waals surface area (Å²) in [6, 6.07) is 7.32. The van der Waals surface area contributed by atoms with Crippen molar-refractivity contribution in [1.29, 1.82) is 0 Å². The molecule has 0 saturated carbocycles. The Morgan fingerprint density at radius 3 is 2.95 bits per heavy atom. The van der Waals surface area contributed by atoms with Gasteiger partial charge >= 0.3 is 5.97 Å². The van der Waals surface area contributed by atoms with Gasteiger partial charge in [0.25, 0.3) is 0 Å². The van der Waals surface area contributed by atoms with Crippen molar-refractivity contribution in [1.82, 2.24) is 5.32 Å².